The van der Waals surface area contributed by atoms with Gasteiger partial charge in [-0.1, -0.05) is 12.8 Å². The van der Waals surface area contributed by atoms with Crippen LogP contribution in [0.5, 0.6) is 0 Å². The van der Waals surface area contributed by atoms with E-state index in [2.05, 4.69) is 10.3 Å². The number of hydrogen-bond acceptors (Lipinski definition) is 5. The van der Waals surface area contributed by atoms with Crippen LogP contribution in [-0.4, -0.2) is 27.0 Å². The lowest BCUT2D eigenvalue weighted by molar-refractivity contribution is -0.385. The van der Waals surface area contributed by atoms with Crippen molar-refractivity contribution in [2.45, 2.75) is 45.6 Å². The number of nitro groups is 1. The predicted molar refractivity (Wildman–Crippen MR) is 77.2 cm³/mol. The molecule has 1 aromatic rings. The van der Waals surface area contributed by atoms with Gasteiger partial charge in [0, 0.05) is 11.6 Å². The van der Waals surface area contributed by atoms with Crippen LogP contribution in [0.1, 0.15) is 38.2 Å². The van der Waals surface area contributed by atoms with Crippen LogP contribution in [-0.2, 0) is 4.79 Å². The molecule has 0 bridgehead atoms. The van der Waals surface area contributed by atoms with Gasteiger partial charge in [0.1, 0.15) is 12.0 Å². The van der Waals surface area contributed by atoms with Crippen molar-refractivity contribution in [3.63, 3.8) is 0 Å². The fourth-order valence-corrected chi connectivity index (χ4v) is 2.82. The summed E-state index contributed by atoms with van der Waals surface area (Å²) >= 11 is 0. The topological polar surface area (TPSA) is 105 Å². The second-order valence-corrected chi connectivity index (χ2v) is 5.78. The molecule has 2 N–H and O–H groups in total. The minimum Gasteiger partial charge on any atom is -0.481 e. The molecule has 1 aliphatic rings. The minimum atomic E-state index is -0.838. The number of rotatable bonds is 4. The number of carboxylic acids is 1. The molecule has 1 fully saturated rings. The average molecular weight is 293 g/mol. The standard InChI is InChI=1S/C14H19N3O4/c1-9-7-12(15-8-10(9)17(20)21)16-11-5-3-4-6-14(11,2)13(18)19/h7-8,11H,3-6H2,1-2H3,(H,15,16)(H,18,19). The molecule has 7 heteroatoms. The fourth-order valence-electron chi connectivity index (χ4n) is 2.82. The monoisotopic (exact) mass is 293 g/mol. The third-order valence-corrected chi connectivity index (χ3v) is 4.30. The zero-order valence-corrected chi connectivity index (χ0v) is 12.1. The van der Waals surface area contributed by atoms with E-state index in [-0.39, 0.29) is 11.7 Å². The molecule has 2 unspecified atom stereocenters. The Labute approximate surface area is 122 Å². The van der Waals surface area contributed by atoms with Crippen molar-refractivity contribution in [1.29, 1.82) is 0 Å². The molecule has 114 valence electrons. The Hall–Kier alpha value is -2.18. The summed E-state index contributed by atoms with van der Waals surface area (Å²) in [6, 6.07) is 1.37. The summed E-state index contributed by atoms with van der Waals surface area (Å²) < 4.78 is 0. The number of pyridine rings is 1. The smallest absolute Gasteiger partial charge is 0.311 e. The highest BCUT2D eigenvalue weighted by atomic mass is 16.6. The number of anilines is 1. The highest BCUT2D eigenvalue weighted by Gasteiger charge is 2.43. The van der Waals surface area contributed by atoms with Gasteiger partial charge in [0.05, 0.1) is 10.3 Å². The molecule has 7 nitrogen and oxygen atoms in total. The second-order valence-electron chi connectivity index (χ2n) is 5.78. The van der Waals surface area contributed by atoms with Gasteiger partial charge in [-0.05, 0) is 32.8 Å². The average Bonchev–Trinajstić information content (AvgIpc) is 2.41. The molecule has 21 heavy (non-hydrogen) atoms. The minimum absolute atomic E-state index is 0.0369. The first kappa shape index (κ1) is 15.2. The lowest BCUT2D eigenvalue weighted by atomic mass is 9.71. The van der Waals surface area contributed by atoms with Crippen LogP contribution in [0.4, 0.5) is 11.5 Å². The molecule has 0 amide bonds. The summed E-state index contributed by atoms with van der Waals surface area (Å²) in [7, 11) is 0. The molecular weight excluding hydrogens is 274 g/mol. The summed E-state index contributed by atoms with van der Waals surface area (Å²) in [4.78, 5) is 25.9. The first-order valence-electron chi connectivity index (χ1n) is 6.95. The van der Waals surface area contributed by atoms with Crippen LogP contribution in [0.2, 0.25) is 0 Å². The van der Waals surface area contributed by atoms with Gasteiger partial charge in [0.15, 0.2) is 0 Å². The quantitative estimate of drug-likeness (QED) is 0.653. The number of aromatic nitrogens is 1. The normalized spacial score (nSPS) is 25.3. The van der Waals surface area contributed by atoms with Crippen LogP contribution in [0.25, 0.3) is 0 Å². The van der Waals surface area contributed by atoms with Crippen LogP contribution in [0.15, 0.2) is 12.3 Å². The summed E-state index contributed by atoms with van der Waals surface area (Å²) in [6.45, 7) is 3.38. The van der Waals surface area contributed by atoms with Crippen LogP contribution in [0, 0.1) is 22.5 Å². The van der Waals surface area contributed by atoms with E-state index in [0.29, 0.717) is 17.8 Å². The maximum Gasteiger partial charge on any atom is 0.311 e. The van der Waals surface area contributed by atoms with Crippen molar-refractivity contribution in [3.8, 4) is 0 Å². The van der Waals surface area contributed by atoms with E-state index in [1.165, 1.54) is 6.20 Å². The van der Waals surface area contributed by atoms with Gasteiger partial charge in [-0.2, -0.15) is 0 Å². The Morgan fingerprint density at radius 1 is 1.57 bits per heavy atom. The van der Waals surface area contributed by atoms with Gasteiger partial charge in [-0.25, -0.2) is 4.98 Å². The third-order valence-electron chi connectivity index (χ3n) is 4.30. The molecule has 0 saturated heterocycles. The molecule has 0 aromatic carbocycles. The Morgan fingerprint density at radius 3 is 2.86 bits per heavy atom. The SMILES string of the molecule is Cc1cc(NC2CCCCC2(C)C(=O)O)ncc1[N+](=O)[O-]. The molecular formula is C14H19N3O4. The van der Waals surface area contributed by atoms with Gasteiger partial charge in [-0.15, -0.1) is 0 Å². The van der Waals surface area contributed by atoms with E-state index in [1.807, 2.05) is 0 Å². The van der Waals surface area contributed by atoms with Gasteiger partial charge >= 0.3 is 5.97 Å². The fraction of sp³-hybridized carbons (Fsp3) is 0.571. The van der Waals surface area contributed by atoms with E-state index < -0.39 is 16.3 Å². The number of hydrogen-bond donors (Lipinski definition) is 2. The Balaban J connectivity index is 2.22. The molecule has 1 aromatic heterocycles. The van der Waals surface area contributed by atoms with Gasteiger partial charge in [0.25, 0.3) is 5.69 Å². The Morgan fingerprint density at radius 2 is 2.29 bits per heavy atom. The first-order valence-corrected chi connectivity index (χ1v) is 6.95. The largest absolute Gasteiger partial charge is 0.481 e. The van der Waals surface area contributed by atoms with Crippen molar-refractivity contribution in [2.75, 3.05) is 5.32 Å². The predicted octanol–water partition coefficient (Wildman–Crippen LogP) is 2.74. The van der Waals surface area contributed by atoms with E-state index in [9.17, 15) is 20.0 Å². The summed E-state index contributed by atoms with van der Waals surface area (Å²) in [5.74, 6) is -0.337. The number of aliphatic carboxylic acids is 1. The highest BCUT2D eigenvalue weighted by molar-refractivity contribution is 5.76. The molecule has 1 saturated carbocycles. The Bertz CT molecular complexity index is 575. The molecule has 1 aliphatic carbocycles. The van der Waals surface area contributed by atoms with Gasteiger partial charge in [0.2, 0.25) is 0 Å². The van der Waals surface area contributed by atoms with Crippen LogP contribution < -0.4 is 5.32 Å². The lowest BCUT2D eigenvalue weighted by Crippen LogP contribution is -2.46. The molecule has 0 aliphatic heterocycles. The first-order chi connectivity index (χ1) is 9.84. The summed E-state index contributed by atoms with van der Waals surface area (Å²) in [5, 5.41) is 23.4. The number of nitrogens with zero attached hydrogens (tertiary/aromatic N) is 2. The van der Waals surface area contributed by atoms with Gasteiger partial charge < -0.3 is 10.4 Å². The number of aryl methyl sites for hydroxylation is 1. The number of carbonyl (C=O) groups is 1. The highest BCUT2D eigenvalue weighted by Crippen LogP contribution is 2.38. The van der Waals surface area contributed by atoms with Gasteiger partial charge in [-0.3, -0.25) is 14.9 Å². The van der Waals surface area contributed by atoms with Crippen molar-refractivity contribution < 1.29 is 14.8 Å². The van der Waals surface area contributed by atoms with Crippen LogP contribution >= 0.6 is 0 Å². The van der Waals surface area contributed by atoms with Crippen molar-refractivity contribution in [3.05, 3.63) is 27.9 Å². The summed E-state index contributed by atoms with van der Waals surface area (Å²) in [5.41, 5.74) is -0.370. The second kappa shape index (κ2) is 5.67. The molecule has 0 radical (unpaired) electrons. The maximum atomic E-state index is 11.5. The van der Waals surface area contributed by atoms with E-state index >= 15 is 0 Å². The van der Waals surface area contributed by atoms with Crippen molar-refractivity contribution in [2.24, 2.45) is 5.41 Å². The van der Waals surface area contributed by atoms with Crippen molar-refractivity contribution in [1.82, 2.24) is 4.98 Å². The number of nitrogens with one attached hydrogen (secondary N) is 1. The molecule has 2 atom stereocenters. The molecule has 0 spiro atoms. The summed E-state index contributed by atoms with van der Waals surface area (Å²) in [6.07, 6.45) is 4.44. The Kier molecular flexibility index (Phi) is 4.11. The molecule has 2 rings (SSSR count). The van der Waals surface area contributed by atoms with Crippen molar-refractivity contribution >= 4 is 17.5 Å². The van der Waals surface area contributed by atoms with Crippen LogP contribution in [0.3, 0.4) is 0 Å². The van der Waals surface area contributed by atoms with E-state index in [4.69, 9.17) is 0 Å². The maximum absolute atomic E-state index is 11.5. The van der Waals surface area contributed by atoms with E-state index in [1.54, 1.807) is 19.9 Å². The van der Waals surface area contributed by atoms with E-state index in [0.717, 1.165) is 19.3 Å². The third kappa shape index (κ3) is 2.96. The molecule has 1 heterocycles. The zero-order chi connectivity index (χ0) is 15.6. The lowest BCUT2D eigenvalue weighted by Gasteiger charge is -2.38. The zero-order valence-electron chi connectivity index (χ0n) is 12.1. The number of carboxylic acid groups (broad SMARTS) is 1.